The van der Waals surface area contributed by atoms with Crippen molar-refractivity contribution in [2.45, 2.75) is 13.5 Å². The van der Waals surface area contributed by atoms with Gasteiger partial charge in [0.25, 0.3) is 0 Å². The molecule has 1 aromatic heterocycles. The van der Waals surface area contributed by atoms with Crippen molar-refractivity contribution in [2.24, 2.45) is 0 Å². The highest BCUT2D eigenvalue weighted by atomic mass is 79.9. The van der Waals surface area contributed by atoms with Gasteiger partial charge in [0.05, 0.1) is 12.0 Å². The van der Waals surface area contributed by atoms with E-state index in [0.29, 0.717) is 0 Å². The predicted octanol–water partition coefficient (Wildman–Crippen LogP) is 3.61. The molecule has 0 aliphatic carbocycles. The van der Waals surface area contributed by atoms with E-state index in [1.165, 1.54) is 4.88 Å². The number of methoxy groups -OCH3 is 1. The molecule has 0 atom stereocenters. The molecule has 1 aromatic carbocycles. The molecule has 0 fully saturated rings. The number of aromatic nitrogens is 1. The number of aryl methyl sites for hydroxylation is 1. The molecular weight excluding hydrogens is 312 g/mol. The van der Waals surface area contributed by atoms with E-state index in [0.717, 1.165) is 33.0 Å². The lowest BCUT2D eigenvalue weighted by atomic mass is 10.1. The summed E-state index contributed by atoms with van der Waals surface area (Å²) >= 11 is 5.19. The van der Waals surface area contributed by atoms with Gasteiger partial charge in [-0.1, -0.05) is 0 Å². The van der Waals surface area contributed by atoms with Crippen LogP contribution in [0.4, 0.5) is 0 Å². The molecule has 0 amide bonds. The highest BCUT2D eigenvalue weighted by Crippen LogP contribution is 2.33. The zero-order valence-corrected chi connectivity index (χ0v) is 13.0. The lowest BCUT2D eigenvalue weighted by molar-refractivity contribution is 0.412. The second-order valence-electron chi connectivity index (χ2n) is 3.95. The molecule has 2 aromatic rings. The quantitative estimate of drug-likeness (QED) is 0.931. The van der Waals surface area contributed by atoms with Gasteiger partial charge in [0, 0.05) is 12.1 Å². The van der Waals surface area contributed by atoms with Crippen molar-refractivity contribution in [2.75, 3.05) is 14.2 Å². The van der Waals surface area contributed by atoms with E-state index >= 15 is 0 Å². The summed E-state index contributed by atoms with van der Waals surface area (Å²) in [6.07, 6.45) is 0. The molecule has 0 saturated carbocycles. The fourth-order valence-electron chi connectivity index (χ4n) is 1.74. The Bertz CT molecular complexity index is 554. The highest BCUT2D eigenvalue weighted by Gasteiger charge is 2.11. The molecule has 2 rings (SSSR count). The summed E-state index contributed by atoms with van der Waals surface area (Å²) in [6, 6.07) is 6.13. The zero-order chi connectivity index (χ0) is 13.1. The van der Waals surface area contributed by atoms with Crippen LogP contribution in [0.5, 0.6) is 5.75 Å². The maximum absolute atomic E-state index is 5.27. The first-order valence-electron chi connectivity index (χ1n) is 5.60. The molecule has 3 nitrogen and oxygen atoms in total. The molecule has 0 bridgehead atoms. The third-order valence-electron chi connectivity index (χ3n) is 2.63. The Balaban J connectivity index is 2.36. The minimum Gasteiger partial charge on any atom is -0.496 e. The second-order valence-corrected chi connectivity index (χ2v) is 5.78. The Morgan fingerprint density at radius 3 is 2.83 bits per heavy atom. The number of benzene rings is 1. The van der Waals surface area contributed by atoms with Gasteiger partial charge in [-0.3, -0.25) is 0 Å². The van der Waals surface area contributed by atoms with Gasteiger partial charge in [-0.05, 0) is 53.7 Å². The van der Waals surface area contributed by atoms with E-state index in [9.17, 15) is 0 Å². The lowest BCUT2D eigenvalue weighted by Crippen LogP contribution is -2.03. The minimum atomic E-state index is 0.827. The maximum Gasteiger partial charge on any atom is 0.125 e. The molecule has 0 saturated heterocycles. The summed E-state index contributed by atoms with van der Waals surface area (Å²) < 4.78 is 6.19. The molecule has 0 unspecified atom stereocenters. The van der Waals surface area contributed by atoms with Crippen LogP contribution in [-0.2, 0) is 6.54 Å². The first-order valence-corrected chi connectivity index (χ1v) is 7.21. The zero-order valence-electron chi connectivity index (χ0n) is 10.6. The fraction of sp³-hybridized carbons (Fsp3) is 0.308. The van der Waals surface area contributed by atoms with Crippen LogP contribution >= 0.6 is 27.3 Å². The summed E-state index contributed by atoms with van der Waals surface area (Å²) in [5.41, 5.74) is 2.25. The van der Waals surface area contributed by atoms with Gasteiger partial charge >= 0.3 is 0 Å². The molecule has 18 heavy (non-hydrogen) atoms. The number of nitrogens with one attached hydrogen (secondary N) is 1. The van der Waals surface area contributed by atoms with Crippen LogP contribution in [0.1, 0.15) is 10.4 Å². The van der Waals surface area contributed by atoms with Gasteiger partial charge in [0.2, 0.25) is 0 Å². The van der Waals surface area contributed by atoms with Crippen LogP contribution in [0.2, 0.25) is 0 Å². The van der Waals surface area contributed by atoms with E-state index in [1.54, 1.807) is 18.4 Å². The summed E-state index contributed by atoms with van der Waals surface area (Å²) in [4.78, 5) is 5.76. The molecule has 96 valence electrons. The Hall–Kier alpha value is -0.910. The number of nitrogens with zero attached hydrogens (tertiary/aromatic N) is 1. The van der Waals surface area contributed by atoms with Crippen LogP contribution in [0.3, 0.4) is 0 Å². The average Bonchev–Trinajstić information content (AvgIpc) is 2.71. The number of hydrogen-bond donors (Lipinski definition) is 1. The maximum atomic E-state index is 5.27. The Labute approximate surface area is 119 Å². The Morgan fingerprint density at radius 2 is 2.22 bits per heavy atom. The van der Waals surface area contributed by atoms with E-state index in [2.05, 4.69) is 32.3 Å². The van der Waals surface area contributed by atoms with Gasteiger partial charge in [0.1, 0.15) is 15.4 Å². The van der Waals surface area contributed by atoms with Crippen molar-refractivity contribution < 1.29 is 4.74 Å². The summed E-state index contributed by atoms with van der Waals surface area (Å²) in [7, 11) is 3.62. The minimum absolute atomic E-state index is 0.827. The average molecular weight is 327 g/mol. The van der Waals surface area contributed by atoms with Crippen molar-refractivity contribution in [3.63, 3.8) is 0 Å². The number of rotatable bonds is 4. The summed E-state index contributed by atoms with van der Waals surface area (Å²) in [5, 5.41) is 4.17. The molecule has 0 aliphatic heterocycles. The Morgan fingerprint density at radius 1 is 1.44 bits per heavy atom. The van der Waals surface area contributed by atoms with Crippen molar-refractivity contribution in [3.8, 4) is 16.3 Å². The number of thiazole rings is 1. The van der Waals surface area contributed by atoms with Gasteiger partial charge in [-0.25, -0.2) is 4.98 Å². The molecule has 1 heterocycles. The van der Waals surface area contributed by atoms with Crippen LogP contribution in [0.15, 0.2) is 22.8 Å². The summed E-state index contributed by atoms with van der Waals surface area (Å²) in [6.45, 7) is 2.87. The van der Waals surface area contributed by atoms with E-state index in [-0.39, 0.29) is 0 Å². The van der Waals surface area contributed by atoms with Crippen molar-refractivity contribution in [1.29, 1.82) is 0 Å². The Kier molecular flexibility index (Phi) is 4.37. The monoisotopic (exact) mass is 326 g/mol. The van der Waals surface area contributed by atoms with E-state index in [1.807, 2.05) is 26.1 Å². The molecule has 1 N–H and O–H groups in total. The van der Waals surface area contributed by atoms with Crippen molar-refractivity contribution in [1.82, 2.24) is 10.3 Å². The van der Waals surface area contributed by atoms with Gasteiger partial charge < -0.3 is 10.1 Å². The predicted molar refractivity (Wildman–Crippen MR) is 79.3 cm³/mol. The first kappa shape index (κ1) is 13.5. The van der Waals surface area contributed by atoms with Crippen LogP contribution < -0.4 is 10.1 Å². The molecule has 0 spiro atoms. The van der Waals surface area contributed by atoms with E-state index in [4.69, 9.17) is 4.74 Å². The first-order chi connectivity index (χ1) is 8.65. The van der Waals surface area contributed by atoms with Gasteiger partial charge in [0.15, 0.2) is 0 Å². The normalized spacial score (nSPS) is 10.7. The standard InChI is InChI=1S/C13H15BrN2OS/c1-8-6-9(4-5-10(8)17-3)13-16-12(14)11(18-13)7-15-2/h4-6,15H,7H2,1-3H3. The summed E-state index contributed by atoms with van der Waals surface area (Å²) in [5.74, 6) is 0.907. The van der Waals surface area contributed by atoms with Crippen molar-refractivity contribution >= 4 is 27.3 Å². The third-order valence-corrected chi connectivity index (χ3v) is 4.65. The third kappa shape index (κ3) is 2.74. The second kappa shape index (κ2) is 5.82. The SMILES string of the molecule is CNCc1sc(-c2ccc(OC)c(C)c2)nc1Br. The lowest BCUT2D eigenvalue weighted by Gasteiger charge is -2.05. The smallest absolute Gasteiger partial charge is 0.125 e. The molecule has 5 heteroatoms. The molecule has 0 aliphatic rings. The fourth-order valence-corrected chi connectivity index (χ4v) is 3.38. The van der Waals surface area contributed by atoms with E-state index < -0.39 is 0 Å². The van der Waals surface area contributed by atoms with Crippen molar-refractivity contribution in [3.05, 3.63) is 33.2 Å². The van der Waals surface area contributed by atoms with Crippen LogP contribution in [-0.4, -0.2) is 19.1 Å². The van der Waals surface area contributed by atoms with Gasteiger partial charge in [-0.15, -0.1) is 11.3 Å². The van der Waals surface area contributed by atoms with Crippen LogP contribution in [0.25, 0.3) is 10.6 Å². The molecular formula is C13H15BrN2OS. The highest BCUT2D eigenvalue weighted by molar-refractivity contribution is 9.10. The van der Waals surface area contributed by atoms with Crippen LogP contribution in [0, 0.1) is 6.92 Å². The molecule has 0 radical (unpaired) electrons. The van der Waals surface area contributed by atoms with Gasteiger partial charge in [-0.2, -0.15) is 0 Å². The number of hydrogen-bond acceptors (Lipinski definition) is 4. The number of halogens is 1. The number of ether oxygens (including phenoxy) is 1. The largest absolute Gasteiger partial charge is 0.496 e. The topological polar surface area (TPSA) is 34.1 Å².